The van der Waals surface area contributed by atoms with E-state index < -0.39 is 28.5 Å². The third-order valence-corrected chi connectivity index (χ3v) is 7.32. The van der Waals surface area contributed by atoms with Crippen LogP contribution in [-0.4, -0.2) is 50.5 Å². The van der Waals surface area contributed by atoms with Gasteiger partial charge < -0.3 is 10.2 Å². The summed E-state index contributed by atoms with van der Waals surface area (Å²) in [6.45, 7) is 7.56. The van der Waals surface area contributed by atoms with E-state index in [1.807, 2.05) is 38.1 Å². The van der Waals surface area contributed by atoms with E-state index in [0.717, 1.165) is 26.2 Å². The van der Waals surface area contributed by atoms with Gasteiger partial charge in [0.15, 0.2) is 0 Å². The molecule has 2 aromatic carbocycles. The normalized spacial score (nSPS) is 12.4. The average Bonchev–Trinajstić information content (AvgIpc) is 2.76. The molecule has 1 atom stereocenters. The van der Waals surface area contributed by atoms with Crippen molar-refractivity contribution >= 4 is 55.1 Å². The molecule has 2 aromatic rings. The number of carbonyl (C=O) groups excluding carboxylic acids is 2. The fraction of sp³-hybridized carbons (Fsp3) is 0.417. The lowest BCUT2D eigenvalue weighted by atomic mass is 10.1. The molecule has 0 unspecified atom stereocenters. The van der Waals surface area contributed by atoms with Crippen molar-refractivity contribution in [2.75, 3.05) is 23.7 Å². The van der Waals surface area contributed by atoms with Crippen molar-refractivity contribution in [1.29, 1.82) is 0 Å². The molecule has 1 N–H and O–H groups in total. The van der Waals surface area contributed by atoms with Crippen molar-refractivity contribution in [3.05, 3.63) is 63.1 Å². The summed E-state index contributed by atoms with van der Waals surface area (Å²) in [5, 5.41) is 3.25. The molecular formula is C24H31BrClN3O4S. The Morgan fingerprint density at radius 1 is 1.09 bits per heavy atom. The second kappa shape index (κ2) is 12.0. The van der Waals surface area contributed by atoms with Crippen LogP contribution in [0.25, 0.3) is 0 Å². The Balaban J connectivity index is 2.37. The van der Waals surface area contributed by atoms with Gasteiger partial charge in [0.2, 0.25) is 21.8 Å². The molecule has 7 nitrogen and oxygen atoms in total. The van der Waals surface area contributed by atoms with Crippen molar-refractivity contribution in [3.63, 3.8) is 0 Å². The lowest BCUT2D eigenvalue weighted by molar-refractivity contribution is -0.139. The quantitative estimate of drug-likeness (QED) is 0.458. The van der Waals surface area contributed by atoms with Gasteiger partial charge in [-0.15, -0.1) is 0 Å². The second-order valence-corrected chi connectivity index (χ2v) is 11.9. The van der Waals surface area contributed by atoms with Crippen LogP contribution in [0.2, 0.25) is 5.02 Å². The first-order valence-corrected chi connectivity index (χ1v) is 13.9. The molecule has 0 aliphatic rings. The van der Waals surface area contributed by atoms with Crippen molar-refractivity contribution in [2.24, 2.45) is 5.92 Å². The minimum Gasteiger partial charge on any atom is -0.354 e. The molecule has 0 heterocycles. The minimum atomic E-state index is -3.80. The van der Waals surface area contributed by atoms with E-state index in [9.17, 15) is 18.0 Å². The third-order valence-electron chi connectivity index (χ3n) is 5.24. The van der Waals surface area contributed by atoms with Gasteiger partial charge in [0, 0.05) is 22.6 Å². The van der Waals surface area contributed by atoms with E-state index in [1.165, 1.54) is 11.0 Å². The summed E-state index contributed by atoms with van der Waals surface area (Å²) < 4.78 is 27.1. The van der Waals surface area contributed by atoms with E-state index in [1.54, 1.807) is 26.0 Å². The largest absolute Gasteiger partial charge is 0.354 e. The molecule has 0 aliphatic heterocycles. The highest BCUT2D eigenvalue weighted by atomic mass is 79.9. The van der Waals surface area contributed by atoms with Crippen molar-refractivity contribution in [3.8, 4) is 0 Å². The Bertz CT molecular complexity index is 1120. The maximum absolute atomic E-state index is 13.5. The number of hydrogen-bond donors (Lipinski definition) is 1. The Kier molecular flexibility index (Phi) is 9.96. The number of nitrogens with one attached hydrogen (secondary N) is 1. The first-order valence-electron chi connectivity index (χ1n) is 10.8. The molecule has 0 aliphatic carbocycles. The lowest BCUT2D eigenvalue weighted by Gasteiger charge is -2.31. The Hall–Kier alpha value is -2.10. The standard InChI is InChI=1S/C24H31BrClN3O4S/c1-16(2)13-27-24(31)18(4)28(14-19-7-9-20(25)10-8-19)23(30)15-29(34(5,32)33)21-11-6-17(3)22(26)12-21/h6-12,16,18H,13-15H2,1-5H3,(H,27,31)/t18-/m1/s1. The molecule has 0 saturated carbocycles. The molecule has 0 fully saturated rings. The number of aryl methyl sites for hydroxylation is 1. The summed E-state index contributed by atoms with van der Waals surface area (Å²) in [5.41, 5.74) is 1.88. The molecule has 34 heavy (non-hydrogen) atoms. The van der Waals surface area contributed by atoms with Crippen LogP contribution >= 0.6 is 27.5 Å². The van der Waals surface area contributed by atoms with Crippen LogP contribution in [0.15, 0.2) is 46.9 Å². The predicted molar refractivity (Wildman–Crippen MR) is 140 cm³/mol. The number of sulfonamides is 1. The molecule has 0 saturated heterocycles. The highest BCUT2D eigenvalue weighted by Crippen LogP contribution is 2.25. The maximum atomic E-state index is 13.5. The molecule has 186 valence electrons. The predicted octanol–water partition coefficient (Wildman–Crippen LogP) is 4.37. The number of rotatable bonds is 10. The van der Waals surface area contributed by atoms with Crippen molar-refractivity contribution in [2.45, 2.75) is 40.3 Å². The van der Waals surface area contributed by atoms with Gasteiger partial charge in [-0.3, -0.25) is 13.9 Å². The average molecular weight is 573 g/mol. The number of benzene rings is 2. The molecule has 2 rings (SSSR count). The first-order chi connectivity index (χ1) is 15.8. The van der Waals surface area contributed by atoms with Crippen LogP contribution in [0.4, 0.5) is 5.69 Å². The summed E-state index contributed by atoms with van der Waals surface area (Å²) in [5.74, 6) is -0.556. The number of hydrogen-bond acceptors (Lipinski definition) is 4. The minimum absolute atomic E-state index is 0.147. The fourth-order valence-electron chi connectivity index (χ4n) is 3.17. The van der Waals surface area contributed by atoms with E-state index in [4.69, 9.17) is 11.6 Å². The van der Waals surface area contributed by atoms with Gasteiger partial charge >= 0.3 is 0 Å². The number of amides is 2. The van der Waals surface area contributed by atoms with Gasteiger partial charge in [-0.05, 0) is 55.2 Å². The van der Waals surface area contributed by atoms with Crippen LogP contribution in [0.3, 0.4) is 0 Å². The van der Waals surface area contributed by atoms with E-state index in [0.29, 0.717) is 11.6 Å². The number of carbonyl (C=O) groups is 2. The summed E-state index contributed by atoms with van der Waals surface area (Å²) in [4.78, 5) is 27.7. The molecule has 0 aromatic heterocycles. The lowest BCUT2D eigenvalue weighted by Crippen LogP contribution is -2.51. The summed E-state index contributed by atoms with van der Waals surface area (Å²) in [6.07, 6.45) is 1.03. The highest BCUT2D eigenvalue weighted by Gasteiger charge is 2.30. The van der Waals surface area contributed by atoms with Crippen molar-refractivity contribution < 1.29 is 18.0 Å². The van der Waals surface area contributed by atoms with Gasteiger partial charge in [0.25, 0.3) is 0 Å². The van der Waals surface area contributed by atoms with Gasteiger partial charge in [-0.25, -0.2) is 8.42 Å². The highest BCUT2D eigenvalue weighted by molar-refractivity contribution is 9.10. The zero-order valence-corrected chi connectivity index (χ0v) is 23.2. The van der Waals surface area contributed by atoms with Crippen LogP contribution in [-0.2, 0) is 26.2 Å². The van der Waals surface area contributed by atoms with E-state index in [-0.39, 0.29) is 24.1 Å². The Labute approximate surface area is 215 Å². The van der Waals surface area contributed by atoms with Crippen LogP contribution < -0.4 is 9.62 Å². The topological polar surface area (TPSA) is 86.8 Å². The summed E-state index contributed by atoms with van der Waals surface area (Å²) in [6, 6.07) is 11.4. The van der Waals surface area contributed by atoms with Crippen LogP contribution in [0.1, 0.15) is 31.9 Å². The molecule has 10 heteroatoms. The van der Waals surface area contributed by atoms with Crippen molar-refractivity contribution in [1.82, 2.24) is 10.2 Å². The Morgan fingerprint density at radius 3 is 2.24 bits per heavy atom. The SMILES string of the molecule is Cc1ccc(N(CC(=O)N(Cc2ccc(Br)cc2)[C@H](C)C(=O)NCC(C)C)S(C)(=O)=O)cc1Cl. The second-order valence-electron chi connectivity index (χ2n) is 8.67. The van der Waals surface area contributed by atoms with E-state index in [2.05, 4.69) is 21.2 Å². The van der Waals surface area contributed by atoms with Gasteiger partial charge in [-0.1, -0.05) is 59.6 Å². The number of halogens is 2. The zero-order chi connectivity index (χ0) is 25.6. The fourth-order valence-corrected chi connectivity index (χ4v) is 4.45. The zero-order valence-electron chi connectivity index (χ0n) is 20.0. The molecule has 2 amide bonds. The van der Waals surface area contributed by atoms with Gasteiger partial charge in [0.05, 0.1) is 11.9 Å². The molecular weight excluding hydrogens is 542 g/mol. The third kappa shape index (κ3) is 7.99. The van der Waals surface area contributed by atoms with Crippen LogP contribution in [0, 0.1) is 12.8 Å². The van der Waals surface area contributed by atoms with Gasteiger partial charge in [-0.2, -0.15) is 0 Å². The summed E-state index contributed by atoms with van der Waals surface area (Å²) >= 11 is 9.60. The first kappa shape index (κ1) is 28.1. The van der Waals surface area contributed by atoms with Crippen LogP contribution in [0.5, 0.6) is 0 Å². The molecule has 0 spiro atoms. The maximum Gasteiger partial charge on any atom is 0.244 e. The monoisotopic (exact) mass is 571 g/mol. The number of anilines is 1. The number of nitrogens with zero attached hydrogens (tertiary/aromatic N) is 2. The molecule has 0 bridgehead atoms. The molecule has 0 radical (unpaired) electrons. The van der Waals surface area contributed by atoms with Gasteiger partial charge in [0.1, 0.15) is 12.6 Å². The summed E-state index contributed by atoms with van der Waals surface area (Å²) in [7, 11) is -3.80. The Morgan fingerprint density at radius 2 is 1.71 bits per heavy atom. The van der Waals surface area contributed by atoms with E-state index >= 15 is 0 Å². The smallest absolute Gasteiger partial charge is 0.244 e.